The first kappa shape index (κ1) is 11.4. The molecule has 12 heavy (non-hydrogen) atoms. The van der Waals surface area contributed by atoms with Gasteiger partial charge in [0.05, 0.1) is 0 Å². The van der Waals surface area contributed by atoms with Gasteiger partial charge in [0, 0.05) is 6.04 Å². The van der Waals surface area contributed by atoms with Gasteiger partial charge in [-0.1, -0.05) is 13.8 Å². The molecule has 0 aliphatic carbocycles. The number of rotatable bonds is 1. The van der Waals surface area contributed by atoms with Crippen LogP contribution in [0.15, 0.2) is 0 Å². The van der Waals surface area contributed by atoms with Crippen LogP contribution in [0.4, 0.5) is 0 Å². The summed E-state index contributed by atoms with van der Waals surface area (Å²) in [6, 6.07) is 0.814. The number of nitrogens with one attached hydrogen (secondary N) is 1. The second kappa shape index (κ2) is 7.10. The molecule has 1 aliphatic heterocycles. The Morgan fingerprint density at radius 1 is 1.67 bits per heavy atom. The molecule has 0 radical (unpaired) electrons. The van der Waals surface area contributed by atoms with Gasteiger partial charge >= 0.3 is 0 Å². The molecule has 1 fully saturated rings. The van der Waals surface area contributed by atoms with Crippen LogP contribution in [0.25, 0.3) is 0 Å². The van der Waals surface area contributed by atoms with Crippen molar-refractivity contribution in [2.24, 2.45) is 5.92 Å². The predicted molar refractivity (Wildman–Crippen MR) is 49.2 cm³/mol. The van der Waals surface area contributed by atoms with Crippen molar-refractivity contribution in [1.82, 2.24) is 5.32 Å². The third kappa shape index (κ3) is 5.13. The van der Waals surface area contributed by atoms with Crippen molar-refractivity contribution in [3.8, 4) is 0 Å². The van der Waals surface area contributed by atoms with E-state index in [1.54, 1.807) is 0 Å². The quantitative estimate of drug-likeness (QED) is 0.590. The first-order chi connectivity index (χ1) is 5.74. The summed E-state index contributed by atoms with van der Waals surface area (Å²) >= 11 is 0. The molecule has 0 aromatic heterocycles. The fraction of sp³-hybridized carbons (Fsp3) is 0.889. The van der Waals surface area contributed by atoms with Gasteiger partial charge in [-0.05, 0) is 31.7 Å². The van der Waals surface area contributed by atoms with Crippen LogP contribution in [0.3, 0.4) is 0 Å². The van der Waals surface area contributed by atoms with Crippen LogP contribution in [-0.2, 0) is 4.79 Å². The average molecular weight is 173 g/mol. The minimum atomic E-state index is -0.250. The molecule has 72 valence electrons. The second-order valence-corrected chi connectivity index (χ2v) is 3.29. The topological polar surface area (TPSA) is 49.3 Å². The van der Waals surface area contributed by atoms with Gasteiger partial charge in [0.1, 0.15) is 0 Å². The summed E-state index contributed by atoms with van der Waals surface area (Å²) in [6.07, 6.45) is 4.05. The molecule has 1 saturated heterocycles. The van der Waals surface area contributed by atoms with E-state index in [0.29, 0.717) is 0 Å². The van der Waals surface area contributed by atoms with Crippen molar-refractivity contribution in [2.75, 3.05) is 6.54 Å². The average Bonchev–Trinajstić information content (AvgIpc) is 2.06. The van der Waals surface area contributed by atoms with E-state index in [9.17, 15) is 0 Å². The van der Waals surface area contributed by atoms with E-state index in [1.165, 1.54) is 25.8 Å². The molecule has 0 aromatic carbocycles. The Balaban J connectivity index is 0.000000354. The maximum Gasteiger partial charge on any atom is 0.290 e. The Kier molecular flexibility index (Phi) is 6.76. The Hall–Kier alpha value is -0.570. The minimum absolute atomic E-state index is 0.250. The van der Waals surface area contributed by atoms with Gasteiger partial charge in [0.15, 0.2) is 0 Å². The monoisotopic (exact) mass is 173 g/mol. The summed E-state index contributed by atoms with van der Waals surface area (Å²) in [5.74, 6) is 0.955. The van der Waals surface area contributed by atoms with E-state index < -0.39 is 0 Å². The van der Waals surface area contributed by atoms with E-state index in [0.717, 1.165) is 12.0 Å². The molecule has 0 unspecified atom stereocenters. The number of carboxylic acid groups (broad SMARTS) is 1. The van der Waals surface area contributed by atoms with Gasteiger partial charge in [-0.15, -0.1) is 0 Å². The molecular weight excluding hydrogens is 154 g/mol. The zero-order valence-corrected chi connectivity index (χ0v) is 7.92. The fourth-order valence-corrected chi connectivity index (χ4v) is 1.53. The maximum atomic E-state index is 8.36. The van der Waals surface area contributed by atoms with Crippen molar-refractivity contribution in [2.45, 2.75) is 39.2 Å². The summed E-state index contributed by atoms with van der Waals surface area (Å²) in [5.41, 5.74) is 0. The van der Waals surface area contributed by atoms with E-state index >= 15 is 0 Å². The lowest BCUT2D eigenvalue weighted by Gasteiger charge is -2.26. The van der Waals surface area contributed by atoms with Crippen molar-refractivity contribution in [3.05, 3.63) is 0 Å². The smallest absolute Gasteiger partial charge is 0.290 e. The van der Waals surface area contributed by atoms with Gasteiger partial charge in [-0.2, -0.15) is 0 Å². The zero-order valence-electron chi connectivity index (χ0n) is 7.92. The highest BCUT2D eigenvalue weighted by Gasteiger charge is 2.15. The van der Waals surface area contributed by atoms with Crippen LogP contribution in [0.5, 0.6) is 0 Å². The standard InChI is InChI=1S/C8H17N.CH2O2/c1-3-8-6-7(2)4-5-9-8;2-1-3/h7-9H,3-6H2,1-2H3;1H,(H,2,3)/t7-,8+;/m1./s1. The van der Waals surface area contributed by atoms with Crippen molar-refractivity contribution >= 4 is 6.47 Å². The Morgan fingerprint density at radius 2 is 2.25 bits per heavy atom. The Labute approximate surface area is 74.2 Å². The molecular formula is C9H19NO2. The van der Waals surface area contributed by atoms with Gasteiger partial charge in [-0.3, -0.25) is 4.79 Å². The fourth-order valence-electron chi connectivity index (χ4n) is 1.53. The summed E-state index contributed by atoms with van der Waals surface area (Å²) in [5, 5.41) is 10.4. The molecule has 0 saturated carbocycles. The summed E-state index contributed by atoms with van der Waals surface area (Å²) in [4.78, 5) is 8.36. The molecule has 1 rings (SSSR count). The number of hydrogen-bond donors (Lipinski definition) is 2. The third-order valence-corrected chi connectivity index (χ3v) is 2.25. The largest absolute Gasteiger partial charge is 0.483 e. The van der Waals surface area contributed by atoms with Crippen molar-refractivity contribution in [1.29, 1.82) is 0 Å². The van der Waals surface area contributed by atoms with Crippen LogP contribution >= 0.6 is 0 Å². The highest BCUT2D eigenvalue weighted by atomic mass is 16.3. The van der Waals surface area contributed by atoms with Gasteiger partial charge in [0.2, 0.25) is 0 Å². The van der Waals surface area contributed by atoms with E-state index in [1.807, 2.05) is 0 Å². The summed E-state index contributed by atoms with van der Waals surface area (Å²) in [7, 11) is 0. The Morgan fingerprint density at radius 3 is 2.58 bits per heavy atom. The van der Waals surface area contributed by atoms with Crippen molar-refractivity contribution in [3.63, 3.8) is 0 Å². The van der Waals surface area contributed by atoms with E-state index in [-0.39, 0.29) is 6.47 Å². The molecule has 1 aliphatic rings. The highest BCUT2D eigenvalue weighted by Crippen LogP contribution is 2.16. The molecule has 3 heteroatoms. The number of hydrogen-bond acceptors (Lipinski definition) is 2. The van der Waals surface area contributed by atoms with Crippen LogP contribution in [0.2, 0.25) is 0 Å². The highest BCUT2D eigenvalue weighted by molar-refractivity contribution is 5.32. The van der Waals surface area contributed by atoms with Crippen LogP contribution in [0.1, 0.15) is 33.1 Å². The summed E-state index contributed by atoms with van der Waals surface area (Å²) in [6.45, 7) is 5.60. The van der Waals surface area contributed by atoms with Crippen LogP contribution in [0, 0.1) is 5.92 Å². The lowest BCUT2D eigenvalue weighted by atomic mass is 9.93. The first-order valence-electron chi connectivity index (χ1n) is 4.55. The van der Waals surface area contributed by atoms with Crippen LogP contribution < -0.4 is 5.32 Å². The Bertz CT molecular complexity index is 117. The third-order valence-electron chi connectivity index (χ3n) is 2.25. The number of piperidine rings is 1. The first-order valence-corrected chi connectivity index (χ1v) is 4.55. The normalized spacial score (nSPS) is 28.5. The van der Waals surface area contributed by atoms with E-state index in [4.69, 9.17) is 9.90 Å². The lowest BCUT2D eigenvalue weighted by molar-refractivity contribution is -0.122. The van der Waals surface area contributed by atoms with E-state index in [2.05, 4.69) is 19.2 Å². The van der Waals surface area contributed by atoms with Gasteiger partial charge in [-0.25, -0.2) is 0 Å². The minimum Gasteiger partial charge on any atom is -0.483 e. The summed E-state index contributed by atoms with van der Waals surface area (Å²) < 4.78 is 0. The molecule has 0 spiro atoms. The van der Waals surface area contributed by atoms with Gasteiger partial charge in [0.25, 0.3) is 6.47 Å². The molecule has 1 heterocycles. The predicted octanol–water partition coefficient (Wildman–Crippen LogP) is 1.49. The molecule has 0 aromatic rings. The zero-order chi connectivity index (χ0) is 9.40. The molecule has 2 N–H and O–H groups in total. The molecule has 3 nitrogen and oxygen atoms in total. The molecule has 0 amide bonds. The number of carbonyl (C=O) groups is 1. The molecule has 0 bridgehead atoms. The SMILES string of the molecule is CC[C@H]1C[C@H](C)CCN1.O=CO. The van der Waals surface area contributed by atoms with Crippen molar-refractivity contribution < 1.29 is 9.90 Å². The maximum absolute atomic E-state index is 8.36. The molecule has 2 atom stereocenters. The van der Waals surface area contributed by atoms with Crippen LogP contribution in [-0.4, -0.2) is 24.2 Å². The second-order valence-electron chi connectivity index (χ2n) is 3.29. The van der Waals surface area contributed by atoms with Gasteiger partial charge < -0.3 is 10.4 Å². The lowest BCUT2D eigenvalue weighted by Crippen LogP contribution is -2.36.